The molecular formula is C28H23N3O5. The second kappa shape index (κ2) is 9.79. The molecule has 8 heteroatoms. The van der Waals surface area contributed by atoms with Gasteiger partial charge in [0, 0.05) is 10.9 Å². The highest BCUT2D eigenvalue weighted by Gasteiger charge is 2.17. The van der Waals surface area contributed by atoms with Crippen molar-refractivity contribution in [3.8, 4) is 28.8 Å². The molecule has 5 rings (SSSR count). The largest absolute Gasteiger partial charge is 0.493 e. The number of fused-ring (bicyclic) bond motifs is 2. The summed E-state index contributed by atoms with van der Waals surface area (Å²) in [5.74, 6) is 2.08. The van der Waals surface area contributed by atoms with Crippen molar-refractivity contribution in [3.63, 3.8) is 0 Å². The second-order valence-electron chi connectivity index (χ2n) is 7.82. The molecule has 0 atom stereocenters. The summed E-state index contributed by atoms with van der Waals surface area (Å²) in [7, 11) is 3.07. The summed E-state index contributed by atoms with van der Waals surface area (Å²) in [6, 6.07) is 20.1. The highest BCUT2D eigenvalue weighted by molar-refractivity contribution is 5.85. The molecule has 0 saturated heterocycles. The van der Waals surface area contributed by atoms with Gasteiger partial charge in [0.2, 0.25) is 11.6 Å². The molecule has 0 N–H and O–H groups in total. The molecule has 0 radical (unpaired) electrons. The summed E-state index contributed by atoms with van der Waals surface area (Å²) >= 11 is 0. The molecule has 0 aliphatic heterocycles. The van der Waals surface area contributed by atoms with Gasteiger partial charge in [0.25, 0.3) is 5.56 Å². The highest BCUT2D eigenvalue weighted by Crippen LogP contribution is 2.38. The summed E-state index contributed by atoms with van der Waals surface area (Å²) in [4.78, 5) is 18.2. The molecular weight excluding hydrogens is 458 g/mol. The SMILES string of the molecule is C=CCOc1c(OC)cc(C=Nn2c(-c3cc4ccccc4o3)nc3ccccc3c2=O)cc1OC. The third-order valence-electron chi connectivity index (χ3n) is 5.55. The zero-order valence-electron chi connectivity index (χ0n) is 19.8. The first-order valence-electron chi connectivity index (χ1n) is 11.2. The number of hydrogen-bond donors (Lipinski definition) is 0. The summed E-state index contributed by atoms with van der Waals surface area (Å²) in [5, 5.41) is 5.84. The number of benzene rings is 3. The van der Waals surface area contributed by atoms with Crippen LogP contribution in [0.15, 0.2) is 93.7 Å². The Kier molecular flexibility index (Phi) is 6.23. The van der Waals surface area contributed by atoms with E-state index in [-0.39, 0.29) is 11.4 Å². The van der Waals surface area contributed by atoms with E-state index in [4.69, 9.17) is 23.6 Å². The molecule has 0 unspecified atom stereocenters. The van der Waals surface area contributed by atoms with Crippen LogP contribution >= 0.6 is 0 Å². The van der Waals surface area contributed by atoms with Crippen LogP contribution in [0.3, 0.4) is 0 Å². The van der Waals surface area contributed by atoms with Gasteiger partial charge in [0.15, 0.2) is 17.3 Å². The fourth-order valence-corrected chi connectivity index (χ4v) is 3.87. The molecule has 3 aromatic carbocycles. The zero-order chi connectivity index (χ0) is 25.1. The molecule has 180 valence electrons. The predicted molar refractivity (Wildman–Crippen MR) is 139 cm³/mol. The van der Waals surface area contributed by atoms with E-state index in [0.29, 0.717) is 51.7 Å². The molecule has 36 heavy (non-hydrogen) atoms. The number of aromatic nitrogens is 2. The normalized spacial score (nSPS) is 11.3. The standard InChI is InChI=1S/C28H23N3O5/c1-4-13-35-26-23(33-2)14-18(15-24(26)34-3)17-29-31-27(25-16-19-9-5-8-12-22(19)36-25)30-21-11-7-6-10-20(21)28(31)32/h4-12,14-17H,1,13H2,2-3H3. The van der Waals surface area contributed by atoms with Gasteiger partial charge in [-0.05, 0) is 36.4 Å². The molecule has 0 bridgehead atoms. The molecule has 0 fully saturated rings. The van der Waals surface area contributed by atoms with Gasteiger partial charge in [-0.2, -0.15) is 9.78 Å². The maximum Gasteiger partial charge on any atom is 0.282 e. The Morgan fingerprint density at radius 2 is 1.75 bits per heavy atom. The van der Waals surface area contributed by atoms with Crippen molar-refractivity contribution in [2.45, 2.75) is 0 Å². The molecule has 0 amide bonds. The molecule has 2 heterocycles. The minimum absolute atomic E-state index is 0.288. The summed E-state index contributed by atoms with van der Waals surface area (Å²) in [6.45, 7) is 3.96. The van der Waals surface area contributed by atoms with Crippen molar-refractivity contribution in [1.82, 2.24) is 9.66 Å². The first kappa shape index (κ1) is 22.9. The topological polar surface area (TPSA) is 88.1 Å². The van der Waals surface area contributed by atoms with Gasteiger partial charge in [-0.25, -0.2) is 4.98 Å². The van der Waals surface area contributed by atoms with E-state index < -0.39 is 0 Å². The lowest BCUT2D eigenvalue weighted by Gasteiger charge is -2.14. The molecule has 0 spiro atoms. The summed E-state index contributed by atoms with van der Waals surface area (Å²) in [6.07, 6.45) is 3.17. The summed E-state index contributed by atoms with van der Waals surface area (Å²) in [5.41, 5.74) is 1.55. The Hall–Kier alpha value is -4.85. The third kappa shape index (κ3) is 4.20. The number of furan rings is 1. The molecule has 0 saturated carbocycles. The van der Waals surface area contributed by atoms with Crippen molar-refractivity contribution < 1.29 is 18.6 Å². The van der Waals surface area contributed by atoms with Crippen molar-refractivity contribution in [2.75, 3.05) is 20.8 Å². The maximum atomic E-state index is 13.5. The number of rotatable bonds is 8. The zero-order valence-corrected chi connectivity index (χ0v) is 19.8. The van der Waals surface area contributed by atoms with Crippen molar-refractivity contribution >= 4 is 28.1 Å². The monoisotopic (exact) mass is 481 g/mol. The van der Waals surface area contributed by atoms with Crippen LogP contribution in [0, 0.1) is 0 Å². The van der Waals surface area contributed by atoms with Crippen LogP contribution in [0.2, 0.25) is 0 Å². The third-order valence-corrected chi connectivity index (χ3v) is 5.55. The quantitative estimate of drug-likeness (QED) is 0.222. The minimum atomic E-state index is -0.322. The maximum absolute atomic E-state index is 13.5. The van der Waals surface area contributed by atoms with Crippen LogP contribution in [0.25, 0.3) is 33.5 Å². The Morgan fingerprint density at radius 1 is 1.03 bits per heavy atom. The van der Waals surface area contributed by atoms with Crippen molar-refractivity contribution in [2.24, 2.45) is 5.10 Å². The average Bonchev–Trinajstić information content (AvgIpc) is 3.35. The van der Waals surface area contributed by atoms with E-state index in [1.807, 2.05) is 36.4 Å². The van der Waals surface area contributed by atoms with E-state index in [1.165, 1.54) is 25.1 Å². The first-order valence-corrected chi connectivity index (χ1v) is 11.2. The Labute approximate surface area is 206 Å². The molecule has 8 nitrogen and oxygen atoms in total. The fourth-order valence-electron chi connectivity index (χ4n) is 3.87. The number of methoxy groups -OCH3 is 2. The number of nitrogens with zero attached hydrogens (tertiary/aromatic N) is 3. The Morgan fingerprint density at radius 3 is 2.47 bits per heavy atom. The smallest absolute Gasteiger partial charge is 0.282 e. The average molecular weight is 482 g/mol. The van der Waals surface area contributed by atoms with Crippen LogP contribution in [0.4, 0.5) is 0 Å². The van der Waals surface area contributed by atoms with Gasteiger partial charge in [-0.15, -0.1) is 0 Å². The number of para-hydroxylation sites is 2. The van der Waals surface area contributed by atoms with Gasteiger partial charge < -0.3 is 18.6 Å². The van der Waals surface area contributed by atoms with Crippen molar-refractivity contribution in [3.05, 3.63) is 95.3 Å². The minimum Gasteiger partial charge on any atom is -0.493 e. The lowest BCUT2D eigenvalue weighted by Crippen LogP contribution is -2.20. The van der Waals surface area contributed by atoms with Gasteiger partial charge in [0.1, 0.15) is 12.2 Å². The second-order valence-corrected chi connectivity index (χ2v) is 7.82. The highest BCUT2D eigenvalue weighted by atomic mass is 16.5. The van der Waals surface area contributed by atoms with Gasteiger partial charge in [0.05, 0.1) is 31.3 Å². The summed E-state index contributed by atoms with van der Waals surface area (Å²) < 4.78 is 23.9. The fraction of sp³-hybridized carbons (Fsp3) is 0.107. The molecule has 2 aromatic heterocycles. The van der Waals surface area contributed by atoms with E-state index in [1.54, 1.807) is 36.4 Å². The molecule has 0 aliphatic carbocycles. The van der Waals surface area contributed by atoms with Gasteiger partial charge >= 0.3 is 0 Å². The Balaban J connectivity index is 1.66. The number of ether oxygens (including phenoxy) is 3. The lowest BCUT2D eigenvalue weighted by molar-refractivity contribution is 0.301. The van der Waals surface area contributed by atoms with E-state index >= 15 is 0 Å². The van der Waals surface area contributed by atoms with Crippen LogP contribution in [-0.4, -0.2) is 36.7 Å². The van der Waals surface area contributed by atoms with Crippen LogP contribution in [0.5, 0.6) is 17.2 Å². The number of hydrogen-bond acceptors (Lipinski definition) is 7. The van der Waals surface area contributed by atoms with Crippen molar-refractivity contribution in [1.29, 1.82) is 0 Å². The van der Waals surface area contributed by atoms with Gasteiger partial charge in [-0.1, -0.05) is 43.0 Å². The first-order chi connectivity index (χ1) is 17.6. The van der Waals surface area contributed by atoms with Gasteiger partial charge in [-0.3, -0.25) is 4.79 Å². The van der Waals surface area contributed by atoms with E-state index in [9.17, 15) is 4.79 Å². The van der Waals surface area contributed by atoms with E-state index in [2.05, 4.69) is 11.7 Å². The predicted octanol–water partition coefficient (Wildman–Crippen LogP) is 5.27. The molecule has 5 aromatic rings. The molecule has 0 aliphatic rings. The van der Waals surface area contributed by atoms with E-state index in [0.717, 1.165) is 5.39 Å². The van der Waals surface area contributed by atoms with Crippen LogP contribution in [-0.2, 0) is 0 Å². The van der Waals surface area contributed by atoms with Crippen LogP contribution < -0.4 is 19.8 Å². The lowest BCUT2D eigenvalue weighted by atomic mass is 10.2. The Bertz CT molecular complexity index is 1610. The van der Waals surface area contributed by atoms with Crippen LogP contribution in [0.1, 0.15) is 5.56 Å².